The van der Waals surface area contributed by atoms with Crippen LogP contribution in [-0.2, 0) is 6.54 Å². The minimum absolute atomic E-state index is 0.120. The maximum atomic E-state index is 12.4. The number of benzene rings is 1. The second-order valence-electron chi connectivity index (χ2n) is 6.70. The van der Waals surface area contributed by atoms with Crippen molar-refractivity contribution in [2.45, 2.75) is 33.2 Å². The normalized spacial score (nSPS) is 17.6. The van der Waals surface area contributed by atoms with E-state index in [0.29, 0.717) is 18.2 Å². The van der Waals surface area contributed by atoms with Crippen molar-refractivity contribution in [2.75, 3.05) is 18.0 Å². The van der Waals surface area contributed by atoms with E-state index in [-0.39, 0.29) is 5.91 Å². The summed E-state index contributed by atoms with van der Waals surface area (Å²) < 4.78 is 0. The highest BCUT2D eigenvalue weighted by molar-refractivity contribution is 5.93. The highest BCUT2D eigenvalue weighted by Gasteiger charge is 2.18. The highest BCUT2D eigenvalue weighted by Crippen LogP contribution is 2.23. The average molecular weight is 323 g/mol. The molecule has 0 bridgehead atoms. The number of aryl methyl sites for hydroxylation is 1. The Hall–Kier alpha value is -2.36. The Morgan fingerprint density at radius 2 is 2.17 bits per heavy atom. The second-order valence-corrected chi connectivity index (χ2v) is 6.70. The largest absolute Gasteiger partial charge is 0.371 e. The first-order chi connectivity index (χ1) is 11.6. The van der Waals surface area contributed by atoms with E-state index in [0.717, 1.165) is 24.3 Å². The molecule has 1 saturated heterocycles. The molecule has 24 heavy (non-hydrogen) atoms. The van der Waals surface area contributed by atoms with Crippen LogP contribution in [0.5, 0.6) is 0 Å². The van der Waals surface area contributed by atoms with Crippen molar-refractivity contribution >= 4 is 11.6 Å². The molecular formula is C20H25N3O. The summed E-state index contributed by atoms with van der Waals surface area (Å²) in [6, 6.07) is 12.0. The summed E-state index contributed by atoms with van der Waals surface area (Å²) in [5.41, 5.74) is 3.89. The van der Waals surface area contributed by atoms with Gasteiger partial charge in [0.25, 0.3) is 5.91 Å². The van der Waals surface area contributed by atoms with Crippen LogP contribution in [-0.4, -0.2) is 24.0 Å². The van der Waals surface area contributed by atoms with Crippen LogP contribution < -0.4 is 10.2 Å². The van der Waals surface area contributed by atoms with E-state index in [1.165, 1.54) is 18.4 Å². The Balaban J connectivity index is 1.67. The molecule has 1 aromatic heterocycles. The summed E-state index contributed by atoms with van der Waals surface area (Å²) >= 11 is 0. The topological polar surface area (TPSA) is 45.2 Å². The molecule has 2 aromatic rings. The third-order valence-electron chi connectivity index (χ3n) is 4.70. The third kappa shape index (κ3) is 3.94. The molecule has 1 unspecified atom stereocenters. The van der Waals surface area contributed by atoms with E-state index in [9.17, 15) is 4.79 Å². The van der Waals surface area contributed by atoms with E-state index in [1.54, 1.807) is 6.20 Å². The van der Waals surface area contributed by atoms with E-state index in [2.05, 4.69) is 35.1 Å². The van der Waals surface area contributed by atoms with Gasteiger partial charge in [-0.05, 0) is 48.9 Å². The summed E-state index contributed by atoms with van der Waals surface area (Å²) in [6.07, 6.45) is 4.22. The molecule has 0 saturated carbocycles. The predicted octanol–water partition coefficient (Wildman–Crippen LogP) is 3.56. The molecule has 0 spiro atoms. The Morgan fingerprint density at radius 1 is 1.33 bits per heavy atom. The zero-order valence-corrected chi connectivity index (χ0v) is 14.5. The van der Waals surface area contributed by atoms with Gasteiger partial charge in [0.1, 0.15) is 5.69 Å². The molecule has 4 heteroatoms. The number of aromatic nitrogens is 1. The Kier molecular flexibility index (Phi) is 5.14. The SMILES string of the molecule is Cc1ccccc1CNC(=O)c1cc(N2CCCC(C)C2)ccn1. The van der Waals surface area contributed by atoms with Crippen LogP contribution >= 0.6 is 0 Å². The number of pyridine rings is 1. The first kappa shape index (κ1) is 16.5. The van der Waals surface area contributed by atoms with Gasteiger partial charge in [-0.1, -0.05) is 31.2 Å². The summed E-state index contributed by atoms with van der Waals surface area (Å²) in [5, 5.41) is 2.98. The van der Waals surface area contributed by atoms with Crippen LogP contribution in [0.2, 0.25) is 0 Å². The van der Waals surface area contributed by atoms with E-state index >= 15 is 0 Å². The highest BCUT2D eigenvalue weighted by atomic mass is 16.1. The van der Waals surface area contributed by atoms with E-state index < -0.39 is 0 Å². The van der Waals surface area contributed by atoms with Crippen molar-refractivity contribution in [1.82, 2.24) is 10.3 Å². The molecule has 1 aliphatic heterocycles. The Bertz CT molecular complexity index is 714. The van der Waals surface area contributed by atoms with Gasteiger partial charge in [-0.15, -0.1) is 0 Å². The van der Waals surface area contributed by atoms with Crippen LogP contribution in [0, 0.1) is 12.8 Å². The van der Waals surface area contributed by atoms with Gasteiger partial charge in [0.05, 0.1) is 0 Å². The number of hydrogen-bond acceptors (Lipinski definition) is 3. The lowest BCUT2D eigenvalue weighted by Crippen LogP contribution is -2.34. The lowest BCUT2D eigenvalue weighted by molar-refractivity contribution is 0.0946. The standard InChI is InChI=1S/C20H25N3O/c1-15-6-5-11-23(14-15)18-9-10-21-19(12-18)20(24)22-13-17-8-4-3-7-16(17)2/h3-4,7-10,12,15H,5-6,11,13-14H2,1-2H3,(H,22,24). The number of anilines is 1. The van der Waals surface area contributed by atoms with Crippen molar-refractivity contribution in [3.8, 4) is 0 Å². The number of rotatable bonds is 4. The molecule has 0 aliphatic carbocycles. The molecule has 1 atom stereocenters. The van der Waals surface area contributed by atoms with Crippen LogP contribution in [0.15, 0.2) is 42.6 Å². The van der Waals surface area contributed by atoms with Gasteiger partial charge < -0.3 is 10.2 Å². The fourth-order valence-electron chi connectivity index (χ4n) is 3.24. The van der Waals surface area contributed by atoms with Gasteiger partial charge in [0.15, 0.2) is 0 Å². The lowest BCUT2D eigenvalue weighted by atomic mass is 10.00. The Morgan fingerprint density at radius 3 is 2.96 bits per heavy atom. The number of nitrogens with zero attached hydrogens (tertiary/aromatic N) is 2. The average Bonchev–Trinajstić information content (AvgIpc) is 2.61. The maximum absolute atomic E-state index is 12.4. The first-order valence-electron chi connectivity index (χ1n) is 8.67. The number of nitrogens with one attached hydrogen (secondary N) is 1. The van der Waals surface area contributed by atoms with Gasteiger partial charge in [-0.2, -0.15) is 0 Å². The molecule has 1 amide bonds. The van der Waals surface area contributed by atoms with Crippen molar-refractivity contribution in [3.05, 3.63) is 59.4 Å². The smallest absolute Gasteiger partial charge is 0.270 e. The number of amides is 1. The minimum atomic E-state index is -0.120. The molecule has 0 radical (unpaired) electrons. The number of carbonyl (C=O) groups is 1. The zero-order chi connectivity index (χ0) is 16.9. The number of hydrogen-bond donors (Lipinski definition) is 1. The molecule has 1 aliphatic rings. The van der Waals surface area contributed by atoms with Gasteiger partial charge >= 0.3 is 0 Å². The van der Waals surface area contributed by atoms with Crippen molar-refractivity contribution in [3.63, 3.8) is 0 Å². The maximum Gasteiger partial charge on any atom is 0.270 e. The predicted molar refractivity (Wildman–Crippen MR) is 97.2 cm³/mol. The van der Waals surface area contributed by atoms with Gasteiger partial charge in [0, 0.05) is 31.5 Å². The fraction of sp³-hybridized carbons (Fsp3) is 0.400. The summed E-state index contributed by atoms with van der Waals surface area (Å²) in [6.45, 7) is 6.96. The number of carbonyl (C=O) groups excluding carboxylic acids is 1. The monoisotopic (exact) mass is 323 g/mol. The van der Waals surface area contributed by atoms with E-state index in [1.807, 2.05) is 30.3 Å². The molecule has 1 fully saturated rings. The number of piperidine rings is 1. The van der Waals surface area contributed by atoms with Gasteiger partial charge in [-0.3, -0.25) is 9.78 Å². The van der Waals surface area contributed by atoms with Gasteiger partial charge in [0.2, 0.25) is 0 Å². The van der Waals surface area contributed by atoms with Crippen LogP contribution in [0.4, 0.5) is 5.69 Å². The molecule has 3 rings (SSSR count). The molecule has 1 N–H and O–H groups in total. The lowest BCUT2D eigenvalue weighted by Gasteiger charge is -2.32. The summed E-state index contributed by atoms with van der Waals surface area (Å²) in [5.74, 6) is 0.579. The van der Waals surface area contributed by atoms with Crippen molar-refractivity contribution in [1.29, 1.82) is 0 Å². The van der Waals surface area contributed by atoms with Crippen LogP contribution in [0.1, 0.15) is 41.4 Å². The van der Waals surface area contributed by atoms with Crippen molar-refractivity contribution in [2.24, 2.45) is 5.92 Å². The quantitative estimate of drug-likeness (QED) is 0.936. The summed E-state index contributed by atoms with van der Waals surface area (Å²) in [4.78, 5) is 19.0. The molecule has 2 heterocycles. The molecule has 126 valence electrons. The zero-order valence-electron chi connectivity index (χ0n) is 14.5. The molecule has 1 aromatic carbocycles. The summed E-state index contributed by atoms with van der Waals surface area (Å²) in [7, 11) is 0. The van der Waals surface area contributed by atoms with Gasteiger partial charge in [-0.25, -0.2) is 0 Å². The molecule has 4 nitrogen and oxygen atoms in total. The van der Waals surface area contributed by atoms with E-state index in [4.69, 9.17) is 0 Å². The second kappa shape index (κ2) is 7.47. The first-order valence-corrected chi connectivity index (χ1v) is 8.67. The van der Waals surface area contributed by atoms with Crippen LogP contribution in [0.25, 0.3) is 0 Å². The Labute approximate surface area is 143 Å². The molecular weight excluding hydrogens is 298 g/mol. The van der Waals surface area contributed by atoms with Crippen LogP contribution in [0.3, 0.4) is 0 Å². The fourth-order valence-corrected chi connectivity index (χ4v) is 3.24. The minimum Gasteiger partial charge on any atom is -0.371 e. The van der Waals surface area contributed by atoms with Crippen molar-refractivity contribution < 1.29 is 4.79 Å². The third-order valence-corrected chi connectivity index (χ3v) is 4.70.